The highest BCUT2D eigenvalue weighted by atomic mass is 79.9. The van der Waals surface area contributed by atoms with E-state index in [9.17, 15) is 0 Å². The van der Waals surface area contributed by atoms with Gasteiger partial charge in [-0.15, -0.1) is 0 Å². The lowest BCUT2D eigenvalue weighted by Crippen LogP contribution is -1.89. The van der Waals surface area contributed by atoms with E-state index in [0.29, 0.717) is 11.0 Å². The fourth-order valence-electron chi connectivity index (χ4n) is 1.17. The molecule has 2 rings (SSSR count). The van der Waals surface area contributed by atoms with Gasteiger partial charge >= 0.3 is 0 Å². The van der Waals surface area contributed by atoms with Gasteiger partial charge in [-0.25, -0.2) is 9.97 Å². The molecule has 0 atom stereocenters. The van der Waals surface area contributed by atoms with Crippen LogP contribution >= 0.6 is 27.5 Å². The number of aromatic nitrogens is 2. The van der Waals surface area contributed by atoms with Crippen LogP contribution in [0.3, 0.4) is 0 Å². The number of nitrogens with zero attached hydrogens (tertiary/aromatic N) is 2. The van der Waals surface area contributed by atoms with Gasteiger partial charge in [0.1, 0.15) is 11.0 Å². The van der Waals surface area contributed by atoms with Gasteiger partial charge in [0.25, 0.3) is 0 Å². The Bertz CT molecular complexity index is 465. The van der Waals surface area contributed by atoms with Crippen LogP contribution in [-0.4, -0.2) is 9.97 Å². The van der Waals surface area contributed by atoms with Crippen molar-refractivity contribution in [3.8, 4) is 0 Å². The molecule has 0 amide bonds. The molecule has 0 N–H and O–H groups in total. The Labute approximate surface area is 89.1 Å². The normalized spacial score (nSPS) is 10.7. The highest BCUT2D eigenvalue weighted by Crippen LogP contribution is 2.23. The molecule has 66 valence electrons. The third kappa shape index (κ3) is 1.67. The van der Waals surface area contributed by atoms with Gasteiger partial charge in [0.2, 0.25) is 0 Å². The van der Waals surface area contributed by atoms with Crippen LogP contribution in [0.15, 0.2) is 22.7 Å². The van der Waals surface area contributed by atoms with Crippen LogP contribution in [0.4, 0.5) is 0 Å². The van der Waals surface area contributed by atoms with Crippen molar-refractivity contribution in [2.45, 2.75) is 6.92 Å². The Morgan fingerprint density at radius 2 is 2.08 bits per heavy atom. The number of aryl methyl sites for hydroxylation is 1. The van der Waals surface area contributed by atoms with Crippen LogP contribution in [0.5, 0.6) is 0 Å². The zero-order valence-corrected chi connectivity index (χ0v) is 9.22. The maximum Gasteiger partial charge on any atom is 0.140 e. The average molecular weight is 258 g/mol. The summed E-state index contributed by atoms with van der Waals surface area (Å²) in [6, 6.07) is 5.75. The number of hydrogen-bond acceptors (Lipinski definition) is 2. The Morgan fingerprint density at radius 1 is 1.31 bits per heavy atom. The molecule has 0 aliphatic carbocycles. The first-order valence-corrected chi connectivity index (χ1v) is 4.93. The molecule has 4 heteroatoms. The van der Waals surface area contributed by atoms with E-state index in [0.717, 1.165) is 15.4 Å². The van der Waals surface area contributed by atoms with Crippen molar-refractivity contribution >= 4 is 38.4 Å². The monoisotopic (exact) mass is 256 g/mol. The second kappa shape index (κ2) is 3.24. The quantitative estimate of drug-likeness (QED) is 0.676. The summed E-state index contributed by atoms with van der Waals surface area (Å²) in [6.07, 6.45) is 0. The largest absolute Gasteiger partial charge is 0.233 e. The number of hydrogen-bond donors (Lipinski definition) is 0. The van der Waals surface area contributed by atoms with Crippen LogP contribution in [0.2, 0.25) is 5.15 Å². The summed E-state index contributed by atoms with van der Waals surface area (Å²) in [5.41, 5.74) is 0.867. The first-order chi connectivity index (χ1) is 6.16. The first-order valence-electron chi connectivity index (χ1n) is 3.76. The highest BCUT2D eigenvalue weighted by Gasteiger charge is 2.02. The fourth-order valence-corrected chi connectivity index (χ4v) is 1.80. The summed E-state index contributed by atoms with van der Waals surface area (Å²) in [6.45, 7) is 1.83. The topological polar surface area (TPSA) is 25.8 Å². The lowest BCUT2D eigenvalue weighted by Gasteiger charge is -2.00. The molecule has 13 heavy (non-hydrogen) atoms. The number of benzene rings is 1. The van der Waals surface area contributed by atoms with Crippen LogP contribution in [0, 0.1) is 6.92 Å². The molecule has 1 aromatic heterocycles. The lowest BCUT2D eigenvalue weighted by atomic mass is 10.2. The van der Waals surface area contributed by atoms with Crippen molar-refractivity contribution in [3.05, 3.63) is 33.6 Å². The molecule has 0 radical (unpaired) electrons. The SMILES string of the molecule is Cc1nc(Cl)c2ccc(Br)cc2n1. The third-order valence-corrected chi connectivity index (χ3v) is 2.51. The Kier molecular flexibility index (Phi) is 2.22. The minimum atomic E-state index is 0.509. The summed E-state index contributed by atoms with van der Waals surface area (Å²) in [5.74, 6) is 0.690. The molecule has 2 aromatic rings. The summed E-state index contributed by atoms with van der Waals surface area (Å²) in [4.78, 5) is 8.34. The van der Waals surface area contributed by atoms with Gasteiger partial charge < -0.3 is 0 Å². The lowest BCUT2D eigenvalue weighted by molar-refractivity contribution is 1.09. The predicted octanol–water partition coefficient (Wildman–Crippen LogP) is 3.35. The predicted molar refractivity (Wildman–Crippen MR) is 57.0 cm³/mol. The maximum atomic E-state index is 5.95. The molecular formula is C9H6BrClN2. The van der Waals surface area contributed by atoms with Crippen molar-refractivity contribution in [2.75, 3.05) is 0 Å². The van der Waals surface area contributed by atoms with Gasteiger partial charge in [0, 0.05) is 9.86 Å². The summed E-state index contributed by atoms with van der Waals surface area (Å²) in [5, 5.41) is 1.39. The van der Waals surface area contributed by atoms with E-state index in [1.54, 1.807) is 0 Å². The Hall–Kier alpha value is -0.670. The van der Waals surface area contributed by atoms with Crippen molar-refractivity contribution < 1.29 is 0 Å². The maximum absolute atomic E-state index is 5.95. The number of rotatable bonds is 0. The van der Waals surface area contributed by atoms with E-state index < -0.39 is 0 Å². The molecular weight excluding hydrogens is 251 g/mol. The van der Waals surface area contributed by atoms with E-state index in [-0.39, 0.29) is 0 Å². The van der Waals surface area contributed by atoms with Gasteiger partial charge in [-0.3, -0.25) is 0 Å². The van der Waals surface area contributed by atoms with Gasteiger partial charge in [-0.2, -0.15) is 0 Å². The van der Waals surface area contributed by atoms with E-state index in [1.807, 2.05) is 25.1 Å². The molecule has 0 aliphatic rings. The van der Waals surface area contributed by atoms with E-state index >= 15 is 0 Å². The van der Waals surface area contributed by atoms with E-state index in [2.05, 4.69) is 25.9 Å². The summed E-state index contributed by atoms with van der Waals surface area (Å²) >= 11 is 9.33. The van der Waals surface area contributed by atoms with E-state index in [1.165, 1.54) is 0 Å². The molecule has 2 nitrogen and oxygen atoms in total. The van der Waals surface area contributed by atoms with Crippen LogP contribution in [0.1, 0.15) is 5.82 Å². The smallest absolute Gasteiger partial charge is 0.140 e. The summed E-state index contributed by atoms with van der Waals surface area (Å²) < 4.78 is 0.995. The van der Waals surface area contributed by atoms with Crippen molar-refractivity contribution in [3.63, 3.8) is 0 Å². The molecule has 0 saturated carbocycles. The van der Waals surface area contributed by atoms with Gasteiger partial charge in [-0.05, 0) is 25.1 Å². The van der Waals surface area contributed by atoms with Crippen molar-refractivity contribution in [1.29, 1.82) is 0 Å². The Morgan fingerprint density at radius 3 is 2.85 bits per heavy atom. The minimum Gasteiger partial charge on any atom is -0.233 e. The van der Waals surface area contributed by atoms with Crippen molar-refractivity contribution in [2.24, 2.45) is 0 Å². The van der Waals surface area contributed by atoms with E-state index in [4.69, 9.17) is 11.6 Å². The molecule has 0 fully saturated rings. The molecule has 0 saturated heterocycles. The Balaban J connectivity index is 2.86. The average Bonchev–Trinajstić information content (AvgIpc) is 2.02. The van der Waals surface area contributed by atoms with Crippen LogP contribution < -0.4 is 0 Å². The number of halogens is 2. The zero-order valence-electron chi connectivity index (χ0n) is 6.88. The molecule has 1 heterocycles. The van der Waals surface area contributed by atoms with Gasteiger partial charge in [0.15, 0.2) is 0 Å². The van der Waals surface area contributed by atoms with Crippen LogP contribution in [0.25, 0.3) is 10.9 Å². The standard InChI is InChI=1S/C9H6BrClN2/c1-5-12-8-4-6(10)2-3-7(8)9(11)13-5/h2-4H,1H3. The third-order valence-electron chi connectivity index (χ3n) is 1.72. The van der Waals surface area contributed by atoms with Gasteiger partial charge in [-0.1, -0.05) is 27.5 Å². The fraction of sp³-hybridized carbons (Fsp3) is 0.111. The molecule has 1 aromatic carbocycles. The molecule has 0 unspecified atom stereocenters. The van der Waals surface area contributed by atoms with Crippen LogP contribution in [-0.2, 0) is 0 Å². The number of fused-ring (bicyclic) bond motifs is 1. The molecule has 0 spiro atoms. The first kappa shape index (κ1) is 8.91. The second-order valence-corrected chi connectivity index (χ2v) is 4.00. The second-order valence-electron chi connectivity index (χ2n) is 2.72. The molecule has 0 aliphatic heterocycles. The zero-order chi connectivity index (χ0) is 9.42. The summed E-state index contributed by atoms with van der Waals surface area (Å²) in [7, 11) is 0. The van der Waals surface area contributed by atoms with Crippen molar-refractivity contribution in [1.82, 2.24) is 9.97 Å². The van der Waals surface area contributed by atoms with Gasteiger partial charge in [0.05, 0.1) is 5.52 Å². The minimum absolute atomic E-state index is 0.509. The molecule has 0 bridgehead atoms. The highest BCUT2D eigenvalue weighted by molar-refractivity contribution is 9.10.